The van der Waals surface area contributed by atoms with Crippen LogP contribution in [0, 0.1) is 0 Å². The van der Waals surface area contributed by atoms with E-state index in [1.807, 2.05) is 24.3 Å². The van der Waals surface area contributed by atoms with E-state index in [0.717, 1.165) is 18.7 Å². The molecule has 0 aromatic heterocycles. The first-order valence-corrected chi connectivity index (χ1v) is 6.28. The molecule has 1 amide bonds. The molecule has 0 spiro atoms. The number of amides is 1. The lowest BCUT2D eigenvalue weighted by atomic mass is 10.1. The highest BCUT2D eigenvalue weighted by Crippen LogP contribution is 2.16. The number of para-hydroxylation sites is 1. The van der Waals surface area contributed by atoms with Crippen molar-refractivity contribution in [2.45, 2.75) is 13.3 Å². The molecule has 0 radical (unpaired) electrons. The Balaban J connectivity index is 2.77. The molecule has 0 heterocycles. The standard InChI is InChI=1S/C14H22N2O2/c1-4-9-15-13-8-6-5-7-12(13)14(17)16(2)10-11-18-3/h5-8,15H,4,9-11H2,1-3H3. The van der Waals surface area contributed by atoms with E-state index in [0.29, 0.717) is 18.7 Å². The normalized spacial score (nSPS) is 10.2. The maximum absolute atomic E-state index is 12.3. The van der Waals surface area contributed by atoms with Gasteiger partial charge in [0.1, 0.15) is 0 Å². The molecule has 1 aromatic rings. The number of hydrogen-bond donors (Lipinski definition) is 1. The van der Waals surface area contributed by atoms with Gasteiger partial charge >= 0.3 is 0 Å². The summed E-state index contributed by atoms with van der Waals surface area (Å²) in [5.41, 5.74) is 1.61. The van der Waals surface area contributed by atoms with Gasteiger partial charge in [0.25, 0.3) is 5.91 Å². The Morgan fingerprint density at radius 1 is 1.39 bits per heavy atom. The molecule has 4 heteroatoms. The average Bonchev–Trinajstić information content (AvgIpc) is 2.42. The topological polar surface area (TPSA) is 41.6 Å². The molecule has 0 bridgehead atoms. The van der Waals surface area contributed by atoms with Crippen LogP contribution >= 0.6 is 0 Å². The first kappa shape index (κ1) is 14.5. The second-order valence-corrected chi connectivity index (χ2v) is 4.19. The summed E-state index contributed by atoms with van der Waals surface area (Å²) in [5.74, 6) is 0.0197. The number of ether oxygens (including phenoxy) is 1. The maximum atomic E-state index is 12.3. The largest absolute Gasteiger partial charge is 0.384 e. The second kappa shape index (κ2) is 7.71. The summed E-state index contributed by atoms with van der Waals surface area (Å²) < 4.78 is 4.98. The van der Waals surface area contributed by atoms with Gasteiger partial charge < -0.3 is 15.0 Å². The minimum Gasteiger partial charge on any atom is -0.384 e. The molecule has 1 N–H and O–H groups in total. The molecule has 1 aromatic carbocycles. The predicted molar refractivity (Wildman–Crippen MR) is 74.1 cm³/mol. The van der Waals surface area contributed by atoms with Crippen LogP contribution in [0.25, 0.3) is 0 Å². The first-order chi connectivity index (χ1) is 8.70. The van der Waals surface area contributed by atoms with Crippen LogP contribution in [0.2, 0.25) is 0 Å². The zero-order chi connectivity index (χ0) is 13.4. The zero-order valence-electron chi connectivity index (χ0n) is 11.4. The molecule has 18 heavy (non-hydrogen) atoms. The number of benzene rings is 1. The predicted octanol–water partition coefficient (Wildman–Crippen LogP) is 2.23. The quantitative estimate of drug-likeness (QED) is 0.807. The van der Waals surface area contributed by atoms with Crippen molar-refractivity contribution < 1.29 is 9.53 Å². The molecule has 0 atom stereocenters. The molecule has 0 unspecified atom stereocenters. The van der Waals surface area contributed by atoms with Gasteiger partial charge in [-0.3, -0.25) is 4.79 Å². The van der Waals surface area contributed by atoms with Gasteiger partial charge in [-0.15, -0.1) is 0 Å². The Bertz CT molecular complexity index is 380. The van der Waals surface area contributed by atoms with E-state index in [1.165, 1.54) is 0 Å². The summed E-state index contributed by atoms with van der Waals surface area (Å²) in [6.07, 6.45) is 1.03. The van der Waals surface area contributed by atoms with Crippen molar-refractivity contribution in [3.05, 3.63) is 29.8 Å². The van der Waals surface area contributed by atoms with Crippen LogP contribution in [0.3, 0.4) is 0 Å². The number of carbonyl (C=O) groups excluding carboxylic acids is 1. The summed E-state index contributed by atoms with van der Waals surface area (Å²) in [6.45, 7) is 4.11. The summed E-state index contributed by atoms with van der Waals surface area (Å²) in [5, 5.41) is 3.28. The average molecular weight is 250 g/mol. The molecule has 0 saturated carbocycles. The maximum Gasteiger partial charge on any atom is 0.255 e. The minimum absolute atomic E-state index is 0.0197. The summed E-state index contributed by atoms with van der Waals surface area (Å²) in [7, 11) is 3.42. The SMILES string of the molecule is CCCNc1ccccc1C(=O)N(C)CCOC. The fourth-order valence-corrected chi connectivity index (χ4v) is 1.62. The minimum atomic E-state index is 0.0197. The molecular weight excluding hydrogens is 228 g/mol. The van der Waals surface area contributed by atoms with Gasteiger partial charge in [0.2, 0.25) is 0 Å². The molecule has 0 aliphatic carbocycles. The van der Waals surface area contributed by atoms with Gasteiger partial charge in [0.15, 0.2) is 0 Å². The summed E-state index contributed by atoms with van der Waals surface area (Å²) in [4.78, 5) is 13.9. The Morgan fingerprint density at radius 2 is 2.11 bits per heavy atom. The highest BCUT2D eigenvalue weighted by molar-refractivity contribution is 5.99. The molecule has 100 valence electrons. The molecular formula is C14H22N2O2. The lowest BCUT2D eigenvalue weighted by Gasteiger charge is -2.19. The smallest absolute Gasteiger partial charge is 0.255 e. The van der Waals surface area contributed by atoms with E-state index in [4.69, 9.17) is 4.74 Å². The van der Waals surface area contributed by atoms with Crippen LogP contribution in [0.4, 0.5) is 5.69 Å². The summed E-state index contributed by atoms with van der Waals surface area (Å²) >= 11 is 0. The number of methoxy groups -OCH3 is 1. The Hall–Kier alpha value is -1.55. The van der Waals surface area contributed by atoms with Gasteiger partial charge in [0.05, 0.1) is 12.2 Å². The lowest BCUT2D eigenvalue weighted by Crippen LogP contribution is -2.30. The number of anilines is 1. The Morgan fingerprint density at radius 3 is 2.78 bits per heavy atom. The number of rotatable bonds is 7. The fraction of sp³-hybridized carbons (Fsp3) is 0.500. The first-order valence-electron chi connectivity index (χ1n) is 6.28. The van der Waals surface area contributed by atoms with Gasteiger partial charge in [-0.1, -0.05) is 19.1 Å². The van der Waals surface area contributed by atoms with E-state index in [1.54, 1.807) is 19.1 Å². The molecule has 4 nitrogen and oxygen atoms in total. The van der Waals surface area contributed by atoms with Crippen molar-refractivity contribution in [2.24, 2.45) is 0 Å². The molecule has 0 aliphatic heterocycles. The zero-order valence-corrected chi connectivity index (χ0v) is 11.4. The van der Waals surface area contributed by atoms with Crippen LogP contribution in [0.1, 0.15) is 23.7 Å². The van der Waals surface area contributed by atoms with Crippen LogP contribution < -0.4 is 5.32 Å². The number of nitrogens with zero attached hydrogens (tertiary/aromatic N) is 1. The molecule has 0 fully saturated rings. The van der Waals surface area contributed by atoms with Crippen molar-refractivity contribution in [3.63, 3.8) is 0 Å². The van der Waals surface area contributed by atoms with E-state index in [9.17, 15) is 4.79 Å². The van der Waals surface area contributed by atoms with Crippen molar-refractivity contribution in [1.82, 2.24) is 4.90 Å². The van der Waals surface area contributed by atoms with Crippen molar-refractivity contribution in [1.29, 1.82) is 0 Å². The molecule has 1 rings (SSSR count). The van der Waals surface area contributed by atoms with Crippen molar-refractivity contribution in [3.8, 4) is 0 Å². The second-order valence-electron chi connectivity index (χ2n) is 4.19. The van der Waals surface area contributed by atoms with E-state index in [2.05, 4.69) is 12.2 Å². The number of carbonyl (C=O) groups is 1. The molecule has 0 aliphatic rings. The van der Waals surface area contributed by atoms with E-state index < -0.39 is 0 Å². The van der Waals surface area contributed by atoms with E-state index in [-0.39, 0.29) is 5.91 Å². The highest BCUT2D eigenvalue weighted by atomic mass is 16.5. The molecule has 0 saturated heterocycles. The Labute approximate surface area is 109 Å². The Kier molecular flexibility index (Phi) is 6.22. The van der Waals surface area contributed by atoms with Gasteiger partial charge in [-0.05, 0) is 18.6 Å². The number of hydrogen-bond acceptors (Lipinski definition) is 3. The van der Waals surface area contributed by atoms with E-state index >= 15 is 0 Å². The van der Waals surface area contributed by atoms with Crippen LogP contribution in [0.5, 0.6) is 0 Å². The van der Waals surface area contributed by atoms with Crippen molar-refractivity contribution >= 4 is 11.6 Å². The summed E-state index contributed by atoms with van der Waals surface area (Å²) in [6, 6.07) is 7.61. The third-order valence-corrected chi connectivity index (χ3v) is 2.70. The van der Waals surface area contributed by atoms with Gasteiger partial charge in [0, 0.05) is 32.9 Å². The third kappa shape index (κ3) is 4.04. The van der Waals surface area contributed by atoms with Crippen LogP contribution in [-0.2, 0) is 4.74 Å². The van der Waals surface area contributed by atoms with Gasteiger partial charge in [-0.2, -0.15) is 0 Å². The lowest BCUT2D eigenvalue weighted by molar-refractivity contribution is 0.0745. The third-order valence-electron chi connectivity index (χ3n) is 2.70. The number of likely N-dealkylation sites (N-methyl/N-ethyl adjacent to an activating group) is 1. The fourth-order valence-electron chi connectivity index (χ4n) is 1.62. The van der Waals surface area contributed by atoms with Crippen LogP contribution in [0.15, 0.2) is 24.3 Å². The number of nitrogens with one attached hydrogen (secondary N) is 1. The van der Waals surface area contributed by atoms with Crippen LogP contribution in [-0.4, -0.2) is 44.7 Å². The monoisotopic (exact) mass is 250 g/mol. The van der Waals surface area contributed by atoms with Crippen molar-refractivity contribution in [2.75, 3.05) is 39.2 Å². The van der Waals surface area contributed by atoms with Gasteiger partial charge in [-0.25, -0.2) is 0 Å². The highest BCUT2D eigenvalue weighted by Gasteiger charge is 2.14.